The zero-order valence-electron chi connectivity index (χ0n) is 21.4. The summed E-state index contributed by atoms with van der Waals surface area (Å²) in [6.45, 7) is 13.7. The van der Waals surface area contributed by atoms with Crippen molar-refractivity contribution in [2.45, 2.75) is 33.2 Å². The molecule has 0 saturated carbocycles. The fraction of sp³-hybridized carbons (Fsp3) is 0.379. The highest BCUT2D eigenvalue weighted by molar-refractivity contribution is 6.46. The molecule has 0 aliphatic carbocycles. The van der Waals surface area contributed by atoms with E-state index >= 15 is 0 Å². The minimum atomic E-state index is -0.722. The summed E-state index contributed by atoms with van der Waals surface area (Å²) < 4.78 is 11.2. The zero-order valence-corrected chi connectivity index (χ0v) is 21.4. The molecule has 192 valence electrons. The molecule has 36 heavy (non-hydrogen) atoms. The molecule has 7 nitrogen and oxygen atoms in total. The van der Waals surface area contributed by atoms with Gasteiger partial charge in [-0.3, -0.25) is 9.59 Å². The van der Waals surface area contributed by atoms with Gasteiger partial charge >= 0.3 is 0 Å². The van der Waals surface area contributed by atoms with Gasteiger partial charge in [0.05, 0.1) is 18.2 Å². The van der Waals surface area contributed by atoms with Crippen molar-refractivity contribution < 1.29 is 24.2 Å². The number of aliphatic hydroxyl groups excluding tert-OH is 1. The Morgan fingerprint density at radius 3 is 2.42 bits per heavy atom. The average Bonchev–Trinajstić information content (AvgIpc) is 3.15. The van der Waals surface area contributed by atoms with E-state index in [0.717, 1.165) is 19.6 Å². The number of benzene rings is 2. The van der Waals surface area contributed by atoms with E-state index in [1.807, 2.05) is 31.2 Å². The topological polar surface area (TPSA) is 79.3 Å². The second-order valence-electron chi connectivity index (χ2n) is 8.50. The van der Waals surface area contributed by atoms with Gasteiger partial charge in [-0.2, -0.15) is 0 Å². The number of ketones is 1. The third kappa shape index (κ3) is 6.15. The number of likely N-dealkylation sites (tertiary alicyclic amines) is 1. The first-order valence-electron chi connectivity index (χ1n) is 12.5. The minimum Gasteiger partial charge on any atom is -0.507 e. The number of carbonyl (C=O) groups excluding carboxylic acids is 2. The molecular formula is C29H36N2O5. The Bertz CT molecular complexity index is 1090. The fourth-order valence-corrected chi connectivity index (χ4v) is 4.42. The molecule has 1 aliphatic rings. The van der Waals surface area contributed by atoms with Gasteiger partial charge < -0.3 is 24.4 Å². The maximum absolute atomic E-state index is 13.3. The molecule has 1 amide bonds. The van der Waals surface area contributed by atoms with Crippen molar-refractivity contribution in [3.8, 4) is 11.5 Å². The van der Waals surface area contributed by atoms with Crippen LogP contribution in [0, 0.1) is 0 Å². The lowest BCUT2D eigenvalue weighted by Gasteiger charge is -2.27. The van der Waals surface area contributed by atoms with Crippen LogP contribution < -0.4 is 9.47 Å². The molecule has 1 fully saturated rings. The Labute approximate surface area is 213 Å². The van der Waals surface area contributed by atoms with Gasteiger partial charge in [-0.25, -0.2) is 0 Å². The Morgan fingerprint density at radius 2 is 1.78 bits per heavy atom. The van der Waals surface area contributed by atoms with Crippen LogP contribution in [-0.2, 0) is 9.59 Å². The van der Waals surface area contributed by atoms with Crippen LogP contribution in [0.25, 0.3) is 5.76 Å². The van der Waals surface area contributed by atoms with E-state index in [1.165, 1.54) is 0 Å². The van der Waals surface area contributed by atoms with Gasteiger partial charge in [0.2, 0.25) is 0 Å². The van der Waals surface area contributed by atoms with Crippen LogP contribution in [0.4, 0.5) is 0 Å². The van der Waals surface area contributed by atoms with Gasteiger partial charge in [-0.15, -0.1) is 0 Å². The highest BCUT2D eigenvalue weighted by Gasteiger charge is 2.45. The number of rotatable bonds is 13. The Morgan fingerprint density at radius 1 is 1.06 bits per heavy atom. The largest absolute Gasteiger partial charge is 0.507 e. The molecule has 0 unspecified atom stereocenters. The number of carbonyl (C=O) groups is 2. The van der Waals surface area contributed by atoms with Crippen LogP contribution in [0.2, 0.25) is 0 Å². The lowest BCUT2D eigenvalue weighted by molar-refractivity contribution is -0.140. The van der Waals surface area contributed by atoms with Crippen molar-refractivity contribution >= 4 is 17.4 Å². The number of hydrogen-bond acceptors (Lipinski definition) is 6. The summed E-state index contributed by atoms with van der Waals surface area (Å²) in [5.41, 5.74) is 1.22. The quantitative estimate of drug-likeness (QED) is 0.187. The molecule has 1 saturated heterocycles. The minimum absolute atomic E-state index is 0.0767. The predicted octanol–water partition coefficient (Wildman–Crippen LogP) is 4.80. The molecule has 2 aromatic rings. The Balaban J connectivity index is 2.03. The number of Topliss-reactive ketones (excluding diaryl/α,β-unsaturated/α-hetero) is 1. The summed E-state index contributed by atoms with van der Waals surface area (Å²) in [5, 5.41) is 11.3. The molecule has 7 heteroatoms. The third-order valence-electron chi connectivity index (χ3n) is 6.29. The highest BCUT2D eigenvalue weighted by atomic mass is 16.5. The van der Waals surface area contributed by atoms with Gasteiger partial charge in [0.1, 0.15) is 23.9 Å². The van der Waals surface area contributed by atoms with Gasteiger partial charge in [-0.05, 0) is 74.9 Å². The van der Waals surface area contributed by atoms with Crippen molar-refractivity contribution in [1.29, 1.82) is 0 Å². The standard InChI is InChI=1S/C29H36N2O5/c1-5-19-36-24-12-9-11-22(20-24)26-25(27(32)21-13-15-23(16-14-21)35-8-4)28(33)29(34)31(26)18-10-17-30(6-2)7-3/h5,9,11-16,20,26,32H,1,6-8,10,17-19H2,2-4H3/b27-25+/t26-/m1/s1. The number of nitrogens with zero attached hydrogens (tertiary/aromatic N) is 2. The molecule has 0 radical (unpaired) electrons. The highest BCUT2D eigenvalue weighted by Crippen LogP contribution is 2.40. The van der Waals surface area contributed by atoms with Crippen LogP contribution in [-0.4, -0.2) is 66.0 Å². The van der Waals surface area contributed by atoms with E-state index in [1.54, 1.807) is 35.2 Å². The summed E-state index contributed by atoms with van der Waals surface area (Å²) >= 11 is 0. The van der Waals surface area contributed by atoms with Crippen LogP contribution in [0.5, 0.6) is 11.5 Å². The normalized spacial score (nSPS) is 17.0. The number of hydrogen-bond donors (Lipinski definition) is 1. The molecule has 3 rings (SSSR count). The smallest absolute Gasteiger partial charge is 0.295 e. The first-order valence-corrected chi connectivity index (χ1v) is 12.5. The van der Waals surface area contributed by atoms with E-state index in [0.29, 0.717) is 48.8 Å². The number of aliphatic hydroxyl groups is 1. The molecule has 2 aromatic carbocycles. The van der Waals surface area contributed by atoms with E-state index in [2.05, 4.69) is 25.3 Å². The monoisotopic (exact) mass is 492 g/mol. The molecule has 0 bridgehead atoms. The Hall–Kier alpha value is -3.58. The summed E-state index contributed by atoms with van der Waals surface area (Å²) in [6.07, 6.45) is 2.36. The van der Waals surface area contributed by atoms with Crippen molar-refractivity contribution in [2.24, 2.45) is 0 Å². The second-order valence-corrected chi connectivity index (χ2v) is 8.50. The van der Waals surface area contributed by atoms with Crippen molar-refractivity contribution in [1.82, 2.24) is 9.80 Å². The van der Waals surface area contributed by atoms with Crippen LogP contribution in [0.3, 0.4) is 0 Å². The maximum atomic E-state index is 13.3. The summed E-state index contributed by atoms with van der Waals surface area (Å²) in [5.74, 6) is -0.238. The second kappa shape index (κ2) is 12.9. The molecule has 0 aromatic heterocycles. The third-order valence-corrected chi connectivity index (χ3v) is 6.29. The van der Waals surface area contributed by atoms with Gasteiger partial charge in [0.25, 0.3) is 11.7 Å². The van der Waals surface area contributed by atoms with E-state index in [4.69, 9.17) is 9.47 Å². The zero-order chi connectivity index (χ0) is 26.1. The molecule has 1 N–H and O–H groups in total. The lowest BCUT2D eigenvalue weighted by atomic mass is 9.95. The van der Waals surface area contributed by atoms with E-state index in [9.17, 15) is 14.7 Å². The average molecular weight is 493 g/mol. The molecule has 0 spiro atoms. The van der Waals surface area contributed by atoms with Crippen molar-refractivity contribution in [3.63, 3.8) is 0 Å². The van der Waals surface area contributed by atoms with Gasteiger partial charge in [-0.1, -0.05) is 38.6 Å². The first kappa shape index (κ1) is 27.0. The maximum Gasteiger partial charge on any atom is 0.295 e. The number of amides is 1. The van der Waals surface area contributed by atoms with Crippen LogP contribution in [0.1, 0.15) is 44.4 Å². The summed E-state index contributed by atoms with van der Waals surface area (Å²) in [6, 6.07) is 13.4. The first-order chi connectivity index (χ1) is 17.4. The lowest BCUT2D eigenvalue weighted by Crippen LogP contribution is -2.33. The molecule has 1 atom stereocenters. The van der Waals surface area contributed by atoms with Gasteiger partial charge in [0.15, 0.2) is 0 Å². The van der Waals surface area contributed by atoms with Crippen molar-refractivity contribution in [2.75, 3.05) is 39.4 Å². The van der Waals surface area contributed by atoms with Crippen LogP contribution >= 0.6 is 0 Å². The Kier molecular flexibility index (Phi) is 9.70. The summed E-state index contributed by atoms with van der Waals surface area (Å²) in [7, 11) is 0. The van der Waals surface area contributed by atoms with Crippen molar-refractivity contribution in [3.05, 3.63) is 77.9 Å². The SMILES string of the molecule is C=CCOc1cccc([C@@H]2/C(=C(\O)c3ccc(OCC)cc3)C(=O)C(=O)N2CCCN(CC)CC)c1. The fourth-order valence-electron chi connectivity index (χ4n) is 4.42. The molecule has 1 aliphatic heterocycles. The predicted molar refractivity (Wildman–Crippen MR) is 141 cm³/mol. The van der Waals surface area contributed by atoms with Crippen LogP contribution in [0.15, 0.2) is 66.8 Å². The summed E-state index contributed by atoms with van der Waals surface area (Å²) in [4.78, 5) is 30.3. The molecular weight excluding hydrogens is 456 g/mol. The van der Waals surface area contributed by atoms with Gasteiger partial charge in [0, 0.05) is 12.1 Å². The number of ether oxygens (including phenoxy) is 2. The molecule has 1 heterocycles. The van der Waals surface area contributed by atoms with E-state index in [-0.39, 0.29) is 11.3 Å². The van der Waals surface area contributed by atoms with E-state index < -0.39 is 17.7 Å².